The van der Waals surface area contributed by atoms with Gasteiger partial charge in [0.15, 0.2) is 0 Å². The standard InChI is InChI=1S/C63H108N18O26S/c1-30(2)25-42(79-62(105)43(28-83)80-52(95)33(5)71-56(99)37(13-17-45(67)85)76-59(102)40(21-24-108-6)74-53(96)34(66)27-82)60(103)77-38(14-18-47(87)88)57(100)70-31(3)50(93)73-39(15-19-48(89)90)58(101)81-44(29-84)61(104)75-35(11-7-9-22-64)54(97)68-26-46(86)72-36(12-8-10-23-65)55(98)69-32(4)51(94)78-41(63(106)107)16-20-49(91)92/h30-44,82-84H,7-29,64-66H2,1-6H3,(H2,67,85)(H,68,97)(H,69,98)(H,70,100)(H,71,99)(H,72,86)(H,73,93)(H,74,96)(H,75,104)(H,76,102)(H,77,103)(H,78,94)(H,79,105)(H,80,95)(H,81,101)(H,87,88)(H,89,90)(H,91,92)(H,106,107)/t31-,32-,33-,34-,35-,36-,37-,38-,39-,40-,41-,42-,43-,44-/m0/s1. The fourth-order valence-electron chi connectivity index (χ4n) is 9.56. The van der Waals surface area contributed by atoms with Crippen molar-refractivity contribution in [2.75, 3.05) is 51.5 Å². The smallest absolute Gasteiger partial charge is 0.326 e. The first kappa shape index (κ1) is 98.0. The summed E-state index contributed by atoms with van der Waals surface area (Å²) >= 11 is 1.31. The van der Waals surface area contributed by atoms with Crippen LogP contribution in [0.15, 0.2) is 0 Å². The third kappa shape index (κ3) is 40.1. The number of nitrogens with two attached hydrogens (primary N) is 4. The Morgan fingerprint density at radius 1 is 0.343 bits per heavy atom. The molecule has 0 aromatic heterocycles. The van der Waals surface area contributed by atoms with Gasteiger partial charge in [0.05, 0.1) is 26.4 Å². The van der Waals surface area contributed by atoms with Gasteiger partial charge in [-0.2, -0.15) is 11.8 Å². The summed E-state index contributed by atoms with van der Waals surface area (Å²) in [6, 6.07) is -22.5. The summed E-state index contributed by atoms with van der Waals surface area (Å²) in [4.78, 5) is 247. The van der Waals surface area contributed by atoms with Crippen LogP contribution in [0, 0.1) is 5.92 Å². The molecule has 0 rings (SSSR count). The van der Waals surface area contributed by atoms with Crippen molar-refractivity contribution >= 4 is 124 Å². The van der Waals surface area contributed by atoms with Crippen molar-refractivity contribution in [3.63, 3.8) is 0 Å². The molecule has 29 N–H and O–H groups in total. The number of amides is 15. The maximum absolute atomic E-state index is 14.0. The van der Waals surface area contributed by atoms with E-state index in [0.717, 1.165) is 13.8 Å². The molecule has 0 saturated carbocycles. The number of nitrogens with one attached hydrogen (secondary N) is 14. The number of thioether (sulfide) groups is 1. The van der Waals surface area contributed by atoms with Crippen molar-refractivity contribution in [2.24, 2.45) is 28.9 Å². The van der Waals surface area contributed by atoms with Crippen molar-refractivity contribution in [2.45, 2.75) is 222 Å². The minimum Gasteiger partial charge on any atom is -0.481 e. The minimum atomic E-state index is -1.94. The molecule has 0 aromatic carbocycles. The van der Waals surface area contributed by atoms with Crippen LogP contribution in [0.3, 0.4) is 0 Å². The Labute approximate surface area is 625 Å². The number of carboxylic acid groups (broad SMARTS) is 4. The van der Waals surface area contributed by atoms with E-state index in [-0.39, 0.29) is 51.6 Å². The van der Waals surface area contributed by atoms with Crippen LogP contribution in [-0.2, 0) is 91.1 Å². The highest BCUT2D eigenvalue weighted by atomic mass is 32.2. The topological polar surface area (TPSA) is 738 Å². The summed E-state index contributed by atoms with van der Waals surface area (Å²) in [5, 5.41) is 99.5. The molecule has 0 unspecified atom stereocenters. The molecule has 0 bridgehead atoms. The van der Waals surface area contributed by atoms with Gasteiger partial charge in [0.2, 0.25) is 88.6 Å². The largest absolute Gasteiger partial charge is 0.481 e. The Morgan fingerprint density at radius 2 is 0.648 bits per heavy atom. The Hall–Kier alpha value is -9.96. The first-order valence-electron chi connectivity index (χ1n) is 34.6. The van der Waals surface area contributed by atoms with Gasteiger partial charge in [-0.05, 0) is 129 Å². The number of hydrogen-bond acceptors (Lipinski definition) is 26. The van der Waals surface area contributed by atoms with Gasteiger partial charge in [0.25, 0.3) is 0 Å². The van der Waals surface area contributed by atoms with E-state index >= 15 is 0 Å². The zero-order valence-corrected chi connectivity index (χ0v) is 61.8. The van der Waals surface area contributed by atoms with Crippen molar-refractivity contribution in [1.82, 2.24) is 74.4 Å². The average molecular weight is 1570 g/mol. The van der Waals surface area contributed by atoms with Crippen LogP contribution in [0.4, 0.5) is 0 Å². The molecule has 15 amide bonds. The van der Waals surface area contributed by atoms with E-state index in [1.54, 1.807) is 20.1 Å². The van der Waals surface area contributed by atoms with Crippen LogP contribution in [0.1, 0.15) is 137 Å². The second-order valence-corrected chi connectivity index (χ2v) is 26.3. The molecule has 14 atom stereocenters. The van der Waals surface area contributed by atoms with Crippen molar-refractivity contribution in [1.29, 1.82) is 0 Å². The number of primary amides is 1. The summed E-state index contributed by atoms with van der Waals surface area (Å²) in [6.45, 7) is 3.02. The predicted molar refractivity (Wildman–Crippen MR) is 379 cm³/mol. The molecule has 45 heteroatoms. The predicted octanol–water partition coefficient (Wildman–Crippen LogP) is -10.2. The van der Waals surface area contributed by atoms with Gasteiger partial charge in [-0.3, -0.25) is 86.3 Å². The summed E-state index contributed by atoms with van der Waals surface area (Å²) < 4.78 is 0. The maximum atomic E-state index is 14.0. The number of unbranched alkanes of at least 4 members (excludes halogenated alkanes) is 2. The highest BCUT2D eigenvalue weighted by Gasteiger charge is 2.37. The maximum Gasteiger partial charge on any atom is 0.326 e. The summed E-state index contributed by atoms with van der Waals surface area (Å²) in [7, 11) is 0. The molecular formula is C63H108N18O26S. The molecule has 0 aliphatic heterocycles. The highest BCUT2D eigenvalue weighted by Crippen LogP contribution is 2.12. The Kier molecular flexibility index (Phi) is 48.0. The SMILES string of the molecule is CSCC[C@H](NC(=O)[C@@H](N)CO)C(=O)N[C@@H](CCC(N)=O)C(=O)N[C@@H](C)C(=O)N[C@@H](CO)C(=O)N[C@@H](CC(C)C)C(=O)N[C@@H](CCC(=O)O)C(=O)N[C@@H](C)C(=O)N[C@@H](CCC(=O)O)C(=O)N[C@@H](CO)C(=O)N[C@@H](CCCCN)C(=O)NCC(=O)N[C@@H](CCCCN)C(=O)N[C@@H](C)C(=O)N[C@@H](CCC(=O)O)C(=O)O. The summed E-state index contributed by atoms with van der Waals surface area (Å²) in [5.41, 5.74) is 22.1. The van der Waals surface area contributed by atoms with Crippen LogP contribution in [-0.4, -0.2) is 284 Å². The van der Waals surface area contributed by atoms with Gasteiger partial charge in [-0.25, -0.2) is 4.79 Å². The monoisotopic (exact) mass is 1560 g/mol. The summed E-state index contributed by atoms with van der Waals surface area (Å²) in [6.07, 6.45) is -2.43. The van der Waals surface area contributed by atoms with Crippen LogP contribution < -0.4 is 97.4 Å². The lowest BCUT2D eigenvalue weighted by Gasteiger charge is -2.27. The van der Waals surface area contributed by atoms with Gasteiger partial charge in [0.1, 0.15) is 84.6 Å². The lowest BCUT2D eigenvalue weighted by atomic mass is 10.0. The van der Waals surface area contributed by atoms with E-state index in [0.29, 0.717) is 18.6 Å². The van der Waals surface area contributed by atoms with Crippen molar-refractivity contribution in [3.05, 3.63) is 0 Å². The molecular weight excluding hydrogens is 1460 g/mol. The lowest BCUT2D eigenvalue weighted by Crippen LogP contribution is -2.61. The van der Waals surface area contributed by atoms with E-state index in [4.69, 9.17) is 28.0 Å². The van der Waals surface area contributed by atoms with Crippen molar-refractivity contribution < 1.29 is 127 Å². The highest BCUT2D eigenvalue weighted by molar-refractivity contribution is 7.98. The van der Waals surface area contributed by atoms with E-state index in [1.165, 1.54) is 18.7 Å². The third-order valence-corrected chi connectivity index (χ3v) is 16.4. The van der Waals surface area contributed by atoms with Gasteiger partial charge < -0.3 is 133 Å². The molecule has 0 aliphatic rings. The molecule has 0 aromatic rings. The molecule has 44 nitrogen and oxygen atoms in total. The zero-order chi connectivity index (χ0) is 82.5. The fourth-order valence-corrected chi connectivity index (χ4v) is 10.0. The number of hydrogen-bond donors (Lipinski definition) is 25. The van der Waals surface area contributed by atoms with Crippen LogP contribution in [0.25, 0.3) is 0 Å². The summed E-state index contributed by atoms with van der Waals surface area (Å²) in [5.74, 6) is -21.9. The first-order chi connectivity index (χ1) is 50.7. The molecule has 0 radical (unpaired) electrons. The molecule has 0 spiro atoms. The Bertz CT molecular complexity index is 3080. The number of aliphatic hydroxyl groups is 3. The van der Waals surface area contributed by atoms with E-state index in [2.05, 4.69) is 74.4 Å². The molecule has 0 saturated heterocycles. The number of aliphatic carboxylic acids is 4. The number of carbonyl (C=O) groups is 19. The number of rotatable bonds is 57. The number of aliphatic hydroxyl groups excluding tert-OH is 3. The molecule has 0 fully saturated rings. The van der Waals surface area contributed by atoms with Crippen LogP contribution in [0.5, 0.6) is 0 Å². The molecule has 108 heavy (non-hydrogen) atoms. The van der Waals surface area contributed by atoms with Gasteiger partial charge in [0, 0.05) is 25.7 Å². The number of carbonyl (C=O) groups excluding carboxylic acids is 15. The minimum absolute atomic E-state index is 0.0272. The van der Waals surface area contributed by atoms with Gasteiger partial charge >= 0.3 is 23.9 Å². The second-order valence-electron chi connectivity index (χ2n) is 25.4. The van der Waals surface area contributed by atoms with E-state index < -0.39 is 281 Å². The van der Waals surface area contributed by atoms with Crippen LogP contribution in [0.2, 0.25) is 0 Å². The zero-order valence-electron chi connectivity index (χ0n) is 61.0. The van der Waals surface area contributed by atoms with Crippen LogP contribution >= 0.6 is 11.8 Å². The Morgan fingerprint density at radius 3 is 1.01 bits per heavy atom. The first-order valence-corrected chi connectivity index (χ1v) is 36.0. The van der Waals surface area contributed by atoms with E-state index in [1.807, 2.05) is 0 Å². The number of carboxylic acids is 4. The van der Waals surface area contributed by atoms with Gasteiger partial charge in [-0.15, -0.1) is 0 Å². The quantitative estimate of drug-likeness (QED) is 0.0251. The van der Waals surface area contributed by atoms with Crippen molar-refractivity contribution in [3.8, 4) is 0 Å². The van der Waals surface area contributed by atoms with Gasteiger partial charge in [-0.1, -0.05) is 13.8 Å². The fraction of sp³-hybridized carbons (Fsp3) is 0.698. The second kappa shape index (κ2) is 52.9. The van der Waals surface area contributed by atoms with E-state index in [9.17, 15) is 122 Å². The molecule has 0 heterocycles. The molecule has 612 valence electrons. The molecule has 0 aliphatic carbocycles. The lowest BCUT2D eigenvalue weighted by molar-refractivity contribution is -0.143. The normalized spacial score (nSPS) is 14.9. The average Bonchev–Trinajstić information content (AvgIpc) is 0.866. The third-order valence-electron chi connectivity index (χ3n) is 15.7. The Balaban J connectivity index is 6.48.